The second-order valence-corrected chi connectivity index (χ2v) is 13.2. The van der Waals surface area contributed by atoms with E-state index in [1.807, 2.05) is 18.2 Å². The van der Waals surface area contributed by atoms with Gasteiger partial charge in [-0.15, -0.1) is 0 Å². The molecule has 0 radical (unpaired) electrons. The molecule has 0 amide bonds. The molecule has 1 aliphatic rings. The van der Waals surface area contributed by atoms with Gasteiger partial charge in [0.25, 0.3) is 0 Å². The zero-order chi connectivity index (χ0) is 33.5. The molecule has 8 aromatic carbocycles. The van der Waals surface area contributed by atoms with Crippen molar-refractivity contribution in [3.63, 3.8) is 0 Å². The van der Waals surface area contributed by atoms with E-state index in [0.29, 0.717) is 17.5 Å². The van der Waals surface area contributed by atoms with E-state index in [1.165, 1.54) is 33.0 Å². The largest absolute Gasteiger partial charge is 0.456 e. The summed E-state index contributed by atoms with van der Waals surface area (Å²) in [5, 5.41) is 6.69. The van der Waals surface area contributed by atoms with Gasteiger partial charge in [-0.1, -0.05) is 133 Å². The summed E-state index contributed by atoms with van der Waals surface area (Å²) in [6.07, 6.45) is 0. The molecular formula is C47H27N3O. The van der Waals surface area contributed by atoms with Crippen LogP contribution >= 0.6 is 0 Å². The van der Waals surface area contributed by atoms with Crippen LogP contribution in [0.2, 0.25) is 0 Å². The molecule has 0 fully saturated rings. The molecule has 51 heavy (non-hydrogen) atoms. The van der Waals surface area contributed by atoms with Crippen molar-refractivity contribution in [2.24, 2.45) is 0 Å². The Hall–Kier alpha value is -6.91. The first kappa shape index (κ1) is 28.0. The first-order chi connectivity index (χ1) is 25.3. The number of nitrogens with zero attached hydrogens (tertiary/aromatic N) is 3. The Kier molecular flexibility index (Phi) is 5.92. The van der Waals surface area contributed by atoms with Crippen molar-refractivity contribution < 1.29 is 4.42 Å². The standard InChI is InChI=1S/C47H27N3O/c1-2-10-28(11-3-1)31-22-25-41-40(27-31)44-39(18-9-19-42(44)51-41)47-49-45(32-21-20-29-12-4-5-13-30(29)26-32)48-46(50-47)38-24-23-37-34-15-7-6-14-33(34)35-16-8-17-36(38)43(35)37/h1-27H. The number of aromatic nitrogens is 3. The van der Waals surface area contributed by atoms with E-state index in [1.54, 1.807) is 0 Å². The Labute approximate surface area is 293 Å². The number of benzene rings is 8. The molecule has 0 atom stereocenters. The van der Waals surface area contributed by atoms with Crippen molar-refractivity contribution >= 4 is 43.5 Å². The highest BCUT2D eigenvalue weighted by Gasteiger charge is 2.24. The smallest absolute Gasteiger partial charge is 0.164 e. The van der Waals surface area contributed by atoms with Crippen LogP contribution in [-0.2, 0) is 0 Å². The van der Waals surface area contributed by atoms with E-state index >= 15 is 0 Å². The van der Waals surface area contributed by atoms with E-state index in [-0.39, 0.29) is 0 Å². The van der Waals surface area contributed by atoms with Gasteiger partial charge in [-0.3, -0.25) is 0 Å². The number of rotatable bonds is 4. The molecule has 4 heteroatoms. The highest BCUT2D eigenvalue weighted by Crippen LogP contribution is 2.49. The molecule has 0 aliphatic heterocycles. The molecular weight excluding hydrogens is 623 g/mol. The van der Waals surface area contributed by atoms with E-state index in [0.717, 1.165) is 60.5 Å². The van der Waals surface area contributed by atoms with Gasteiger partial charge < -0.3 is 4.42 Å². The molecule has 2 aromatic heterocycles. The number of hydrogen-bond acceptors (Lipinski definition) is 4. The number of furan rings is 1. The second-order valence-electron chi connectivity index (χ2n) is 13.2. The summed E-state index contributed by atoms with van der Waals surface area (Å²) in [5.74, 6) is 1.87. The van der Waals surface area contributed by atoms with Gasteiger partial charge in [0.2, 0.25) is 0 Å². The average Bonchev–Trinajstić information content (AvgIpc) is 3.74. The van der Waals surface area contributed by atoms with Gasteiger partial charge in [0.05, 0.1) is 0 Å². The van der Waals surface area contributed by atoms with Gasteiger partial charge in [0, 0.05) is 27.5 Å². The van der Waals surface area contributed by atoms with E-state index in [2.05, 4.69) is 146 Å². The summed E-state index contributed by atoms with van der Waals surface area (Å²) in [6, 6.07) is 57.4. The average molecular weight is 650 g/mol. The van der Waals surface area contributed by atoms with Gasteiger partial charge in [-0.2, -0.15) is 0 Å². The third-order valence-electron chi connectivity index (χ3n) is 10.3. The molecule has 0 unspecified atom stereocenters. The van der Waals surface area contributed by atoms with Gasteiger partial charge >= 0.3 is 0 Å². The van der Waals surface area contributed by atoms with E-state index < -0.39 is 0 Å². The summed E-state index contributed by atoms with van der Waals surface area (Å²) in [6.45, 7) is 0. The van der Waals surface area contributed by atoms with Crippen LogP contribution in [0, 0.1) is 0 Å². The fourth-order valence-corrected chi connectivity index (χ4v) is 7.90. The summed E-state index contributed by atoms with van der Waals surface area (Å²) < 4.78 is 6.43. The van der Waals surface area contributed by atoms with Crippen LogP contribution in [0.1, 0.15) is 0 Å². The molecule has 0 bridgehead atoms. The van der Waals surface area contributed by atoms with Crippen LogP contribution in [-0.4, -0.2) is 15.0 Å². The number of fused-ring (bicyclic) bond motifs is 7. The SMILES string of the molecule is c1ccc(-c2ccc3oc4cccc(-c5nc(-c6ccc7ccccc7c6)nc(-c6ccc7c8c(cccc68)-c6ccccc6-7)n5)c4c3c2)cc1. The fraction of sp³-hybridized carbons (Fsp3) is 0. The molecule has 0 saturated heterocycles. The Morgan fingerprint density at radius 1 is 0.314 bits per heavy atom. The Bertz CT molecular complexity index is 3000. The van der Waals surface area contributed by atoms with Crippen LogP contribution < -0.4 is 0 Å². The van der Waals surface area contributed by atoms with E-state index in [4.69, 9.17) is 19.4 Å². The maximum absolute atomic E-state index is 6.43. The van der Waals surface area contributed by atoms with Crippen LogP contribution in [0.15, 0.2) is 168 Å². The molecule has 2 heterocycles. The lowest BCUT2D eigenvalue weighted by molar-refractivity contribution is 0.669. The first-order valence-electron chi connectivity index (χ1n) is 17.2. The van der Waals surface area contributed by atoms with Crippen molar-refractivity contribution in [2.75, 3.05) is 0 Å². The molecule has 0 saturated carbocycles. The van der Waals surface area contributed by atoms with Gasteiger partial charge in [0.15, 0.2) is 17.5 Å². The summed E-state index contributed by atoms with van der Waals surface area (Å²) >= 11 is 0. The minimum Gasteiger partial charge on any atom is -0.456 e. The minimum absolute atomic E-state index is 0.605. The van der Waals surface area contributed by atoms with Crippen molar-refractivity contribution in [1.82, 2.24) is 15.0 Å². The molecule has 4 nitrogen and oxygen atoms in total. The molecule has 0 spiro atoms. The summed E-state index contributed by atoms with van der Waals surface area (Å²) in [7, 11) is 0. The predicted molar refractivity (Wildman–Crippen MR) is 208 cm³/mol. The Balaban J connectivity index is 1.18. The van der Waals surface area contributed by atoms with Crippen molar-refractivity contribution in [1.29, 1.82) is 0 Å². The third kappa shape index (κ3) is 4.30. The van der Waals surface area contributed by atoms with Gasteiger partial charge in [-0.25, -0.2) is 15.0 Å². The van der Waals surface area contributed by atoms with Crippen molar-refractivity contribution in [3.8, 4) is 67.5 Å². The predicted octanol–water partition coefficient (Wildman–Crippen LogP) is 12.4. The normalized spacial score (nSPS) is 11.9. The lowest BCUT2D eigenvalue weighted by Gasteiger charge is -2.12. The lowest BCUT2D eigenvalue weighted by atomic mass is 9.98. The first-order valence-corrected chi connectivity index (χ1v) is 17.2. The Morgan fingerprint density at radius 2 is 0.961 bits per heavy atom. The molecule has 10 aromatic rings. The Morgan fingerprint density at radius 3 is 1.82 bits per heavy atom. The van der Waals surface area contributed by atoms with Gasteiger partial charge in [0.1, 0.15) is 11.2 Å². The van der Waals surface area contributed by atoms with Crippen LogP contribution in [0.5, 0.6) is 0 Å². The van der Waals surface area contributed by atoms with E-state index in [9.17, 15) is 0 Å². The number of hydrogen-bond donors (Lipinski definition) is 0. The summed E-state index contributed by atoms with van der Waals surface area (Å²) in [4.78, 5) is 15.7. The minimum atomic E-state index is 0.605. The fourth-order valence-electron chi connectivity index (χ4n) is 7.90. The van der Waals surface area contributed by atoms with Crippen molar-refractivity contribution in [3.05, 3.63) is 164 Å². The summed E-state index contributed by atoms with van der Waals surface area (Å²) in [5.41, 5.74) is 11.7. The third-order valence-corrected chi connectivity index (χ3v) is 10.3. The monoisotopic (exact) mass is 649 g/mol. The molecule has 1 aliphatic carbocycles. The highest BCUT2D eigenvalue weighted by atomic mass is 16.3. The second kappa shape index (κ2) is 10.8. The maximum Gasteiger partial charge on any atom is 0.164 e. The molecule has 11 rings (SSSR count). The maximum atomic E-state index is 6.43. The van der Waals surface area contributed by atoms with Crippen LogP contribution in [0.25, 0.3) is 111 Å². The topological polar surface area (TPSA) is 51.8 Å². The molecule has 236 valence electrons. The van der Waals surface area contributed by atoms with Crippen LogP contribution in [0.4, 0.5) is 0 Å². The quantitative estimate of drug-likeness (QED) is 0.190. The highest BCUT2D eigenvalue weighted by molar-refractivity contribution is 6.18. The zero-order valence-corrected chi connectivity index (χ0v) is 27.3. The zero-order valence-electron chi connectivity index (χ0n) is 27.3. The van der Waals surface area contributed by atoms with Crippen molar-refractivity contribution in [2.45, 2.75) is 0 Å². The molecule has 0 N–H and O–H groups in total. The van der Waals surface area contributed by atoms with Crippen LogP contribution in [0.3, 0.4) is 0 Å². The lowest BCUT2D eigenvalue weighted by Crippen LogP contribution is -2.01. The van der Waals surface area contributed by atoms with Gasteiger partial charge in [-0.05, 0) is 85.3 Å².